The molecule has 0 aliphatic carbocycles. The number of hydrogen-bond donors (Lipinski definition) is 0. The van der Waals surface area contributed by atoms with Crippen LogP contribution in [0.5, 0.6) is 0 Å². The zero-order valence-electron chi connectivity index (χ0n) is 18.9. The second-order valence-corrected chi connectivity index (χ2v) is 9.25. The first-order valence-corrected chi connectivity index (χ1v) is 11.9. The zero-order chi connectivity index (χ0) is 23.6. The van der Waals surface area contributed by atoms with Crippen LogP contribution in [0.25, 0.3) is 27.3 Å². The third kappa shape index (κ3) is 4.88. The molecule has 4 aromatic rings. The molecule has 0 amide bonds. The van der Waals surface area contributed by atoms with Gasteiger partial charge in [0.1, 0.15) is 10.8 Å². The van der Waals surface area contributed by atoms with Gasteiger partial charge in [-0.25, -0.2) is 13.2 Å². The molecular weight excluding hydrogens is 443 g/mol. The highest BCUT2D eigenvalue weighted by Gasteiger charge is 2.32. The predicted molar refractivity (Wildman–Crippen MR) is 129 cm³/mol. The summed E-state index contributed by atoms with van der Waals surface area (Å²) in [7, 11) is 0. The van der Waals surface area contributed by atoms with Crippen molar-refractivity contribution in [2.45, 2.75) is 46.0 Å². The van der Waals surface area contributed by atoms with Crippen molar-refractivity contribution >= 4 is 22.2 Å². The number of fused-ring (bicyclic) bond motifs is 1. The van der Waals surface area contributed by atoms with E-state index in [1.165, 1.54) is 17.4 Å². The van der Waals surface area contributed by atoms with Crippen molar-refractivity contribution < 1.29 is 13.2 Å². The molecule has 0 saturated carbocycles. The molecule has 1 unspecified atom stereocenters. The molecule has 7 heteroatoms. The van der Waals surface area contributed by atoms with E-state index in [1.807, 2.05) is 28.8 Å². The summed E-state index contributed by atoms with van der Waals surface area (Å²) in [6.45, 7) is 4.95. The Hall–Kier alpha value is -2.93. The summed E-state index contributed by atoms with van der Waals surface area (Å²) in [6, 6.07) is 9.24. The monoisotopic (exact) mass is 469 g/mol. The number of aromatic nitrogens is 3. The topological polar surface area (TPSA) is 30.7 Å². The minimum atomic E-state index is -2.78. The number of rotatable bonds is 8. The Morgan fingerprint density at radius 1 is 1.18 bits per heavy atom. The van der Waals surface area contributed by atoms with Crippen LogP contribution in [0.4, 0.5) is 13.2 Å². The van der Waals surface area contributed by atoms with Crippen molar-refractivity contribution in [3.8, 4) is 16.4 Å². The Labute approximate surface area is 195 Å². The summed E-state index contributed by atoms with van der Waals surface area (Å²) in [5.74, 6) is -3.73. The van der Waals surface area contributed by atoms with Gasteiger partial charge in [0.25, 0.3) is 5.92 Å². The molecule has 0 radical (unpaired) electrons. The van der Waals surface area contributed by atoms with Gasteiger partial charge in [-0.3, -0.25) is 14.5 Å². The molecule has 3 heterocycles. The molecule has 4 rings (SSSR count). The standard InChI is InChI=1S/C26H26F3N3S/c1-4-10-26(28,29)18(3)6-5-7-19-8-9-22(31-14-19)24-13-20-12-21(27)17(2)11-23(20)32(24)25-15-30-16-33-25/h4,8-16,18H,5-7H2,1-3H3. The van der Waals surface area contributed by atoms with E-state index in [2.05, 4.69) is 9.97 Å². The van der Waals surface area contributed by atoms with Gasteiger partial charge in [0.15, 0.2) is 0 Å². The van der Waals surface area contributed by atoms with Crippen LogP contribution in [0.3, 0.4) is 0 Å². The Morgan fingerprint density at radius 2 is 2.00 bits per heavy atom. The second kappa shape index (κ2) is 9.51. The minimum absolute atomic E-state index is 0.243. The molecule has 172 valence electrons. The lowest BCUT2D eigenvalue weighted by Crippen LogP contribution is -2.23. The first-order chi connectivity index (χ1) is 15.8. The third-order valence-electron chi connectivity index (χ3n) is 5.96. The summed E-state index contributed by atoms with van der Waals surface area (Å²) in [5, 5.41) is 1.72. The SMILES string of the molecule is CC=CC(F)(F)C(C)CCCc1ccc(-c2cc3cc(F)c(C)cc3n2-c2cncs2)nc1. The zero-order valence-corrected chi connectivity index (χ0v) is 19.7. The first kappa shape index (κ1) is 23.2. The maximum atomic E-state index is 14.2. The molecule has 3 aromatic heterocycles. The van der Waals surface area contributed by atoms with E-state index in [-0.39, 0.29) is 5.82 Å². The van der Waals surface area contributed by atoms with E-state index in [9.17, 15) is 13.2 Å². The number of halogens is 3. The average Bonchev–Trinajstić information content (AvgIpc) is 3.42. The number of alkyl halides is 2. The van der Waals surface area contributed by atoms with Gasteiger partial charge in [-0.1, -0.05) is 19.1 Å². The molecule has 0 aliphatic rings. The van der Waals surface area contributed by atoms with Crippen LogP contribution in [-0.2, 0) is 6.42 Å². The maximum Gasteiger partial charge on any atom is 0.268 e. The number of allylic oxidation sites excluding steroid dienone is 2. The highest BCUT2D eigenvalue weighted by Crippen LogP contribution is 2.34. The van der Waals surface area contributed by atoms with E-state index < -0.39 is 11.8 Å². The Balaban J connectivity index is 1.57. The van der Waals surface area contributed by atoms with Crippen molar-refractivity contribution in [3.63, 3.8) is 0 Å². The quantitative estimate of drug-likeness (QED) is 0.247. The van der Waals surface area contributed by atoms with E-state index in [1.54, 1.807) is 44.7 Å². The smallest absolute Gasteiger partial charge is 0.268 e. The van der Waals surface area contributed by atoms with Gasteiger partial charge in [-0.15, -0.1) is 11.3 Å². The molecule has 0 aliphatic heterocycles. The molecule has 0 fully saturated rings. The van der Waals surface area contributed by atoms with Crippen LogP contribution in [0.1, 0.15) is 37.8 Å². The van der Waals surface area contributed by atoms with Crippen molar-refractivity contribution in [1.29, 1.82) is 0 Å². The predicted octanol–water partition coefficient (Wildman–Crippen LogP) is 7.77. The van der Waals surface area contributed by atoms with Crippen LogP contribution < -0.4 is 0 Å². The number of pyridine rings is 1. The molecule has 1 atom stereocenters. The molecule has 0 bridgehead atoms. The fourth-order valence-electron chi connectivity index (χ4n) is 3.99. The van der Waals surface area contributed by atoms with E-state index in [0.717, 1.165) is 38.9 Å². The van der Waals surface area contributed by atoms with Gasteiger partial charge in [-0.2, -0.15) is 0 Å². The summed E-state index contributed by atoms with van der Waals surface area (Å²) < 4.78 is 44.1. The normalized spacial score (nSPS) is 13.3. The number of aryl methyl sites for hydroxylation is 2. The van der Waals surface area contributed by atoms with Crippen molar-refractivity contribution in [2.24, 2.45) is 5.92 Å². The van der Waals surface area contributed by atoms with Gasteiger partial charge >= 0.3 is 0 Å². The number of benzene rings is 1. The van der Waals surface area contributed by atoms with Gasteiger partial charge in [0.2, 0.25) is 0 Å². The van der Waals surface area contributed by atoms with Gasteiger partial charge in [0.05, 0.1) is 28.6 Å². The summed E-state index contributed by atoms with van der Waals surface area (Å²) >= 11 is 1.50. The van der Waals surface area contributed by atoms with Gasteiger partial charge in [0, 0.05) is 17.5 Å². The molecular formula is C26H26F3N3S. The fraction of sp³-hybridized carbons (Fsp3) is 0.308. The summed E-state index contributed by atoms with van der Waals surface area (Å²) in [5.41, 5.74) is 5.85. The van der Waals surface area contributed by atoms with Gasteiger partial charge in [-0.05, 0) is 74.6 Å². The van der Waals surface area contributed by atoms with Crippen molar-refractivity contribution in [3.05, 3.63) is 77.3 Å². The average molecular weight is 470 g/mol. The molecule has 1 aromatic carbocycles. The lowest BCUT2D eigenvalue weighted by Gasteiger charge is -2.20. The number of nitrogens with zero attached hydrogens (tertiary/aromatic N) is 3. The highest BCUT2D eigenvalue weighted by molar-refractivity contribution is 7.12. The second-order valence-electron chi connectivity index (χ2n) is 8.38. The lowest BCUT2D eigenvalue weighted by molar-refractivity contribution is -0.00556. The summed E-state index contributed by atoms with van der Waals surface area (Å²) in [4.78, 5) is 8.84. The van der Waals surface area contributed by atoms with Crippen LogP contribution in [0, 0.1) is 18.7 Å². The Morgan fingerprint density at radius 3 is 2.67 bits per heavy atom. The molecule has 3 nitrogen and oxygen atoms in total. The summed E-state index contributed by atoms with van der Waals surface area (Å²) in [6.07, 6.45) is 7.74. The maximum absolute atomic E-state index is 14.2. The van der Waals surface area contributed by atoms with Gasteiger partial charge < -0.3 is 0 Å². The molecule has 0 N–H and O–H groups in total. The first-order valence-electron chi connectivity index (χ1n) is 11.0. The highest BCUT2D eigenvalue weighted by atomic mass is 32.1. The fourth-order valence-corrected chi connectivity index (χ4v) is 4.65. The Bertz CT molecular complexity index is 1260. The lowest BCUT2D eigenvalue weighted by atomic mass is 9.95. The van der Waals surface area contributed by atoms with Crippen molar-refractivity contribution in [1.82, 2.24) is 14.5 Å². The van der Waals surface area contributed by atoms with E-state index in [4.69, 9.17) is 0 Å². The minimum Gasteiger partial charge on any atom is -0.298 e. The van der Waals surface area contributed by atoms with Crippen LogP contribution in [0.2, 0.25) is 0 Å². The van der Waals surface area contributed by atoms with Crippen LogP contribution in [-0.4, -0.2) is 20.5 Å². The largest absolute Gasteiger partial charge is 0.298 e. The van der Waals surface area contributed by atoms with Crippen molar-refractivity contribution in [2.75, 3.05) is 0 Å². The molecule has 0 saturated heterocycles. The van der Waals surface area contributed by atoms with Crippen LogP contribution >= 0.6 is 11.3 Å². The third-order valence-corrected chi connectivity index (χ3v) is 6.71. The van der Waals surface area contributed by atoms with E-state index >= 15 is 0 Å². The number of hydrogen-bond acceptors (Lipinski definition) is 3. The Kier molecular flexibility index (Phi) is 6.70. The molecule has 33 heavy (non-hydrogen) atoms. The molecule has 0 spiro atoms. The number of thiazole rings is 1. The van der Waals surface area contributed by atoms with Crippen LogP contribution in [0.15, 0.2) is 60.4 Å². The van der Waals surface area contributed by atoms with E-state index in [0.29, 0.717) is 24.8 Å².